The topological polar surface area (TPSA) is 54.5 Å². The lowest BCUT2D eigenvalue weighted by atomic mass is 9.97. The van der Waals surface area contributed by atoms with Crippen LogP contribution in [-0.2, 0) is 11.2 Å². The van der Waals surface area contributed by atoms with Gasteiger partial charge in [-0.15, -0.1) is 0 Å². The molecule has 0 saturated carbocycles. The van der Waals surface area contributed by atoms with Gasteiger partial charge in [0.25, 0.3) is 0 Å². The molecular formula is C28H35N3O2. The van der Waals surface area contributed by atoms with Crippen LogP contribution in [0, 0.1) is 5.92 Å². The summed E-state index contributed by atoms with van der Waals surface area (Å²) in [5.74, 6) is 1.22. The summed E-state index contributed by atoms with van der Waals surface area (Å²) >= 11 is 0. The van der Waals surface area contributed by atoms with Crippen molar-refractivity contribution in [3.05, 3.63) is 72.4 Å². The van der Waals surface area contributed by atoms with Crippen LogP contribution in [0.2, 0.25) is 0 Å². The zero-order valence-corrected chi connectivity index (χ0v) is 19.4. The van der Waals surface area contributed by atoms with E-state index in [-0.39, 0.29) is 11.8 Å². The summed E-state index contributed by atoms with van der Waals surface area (Å²) in [5, 5.41) is 4.22. The Kier molecular flexibility index (Phi) is 8.70. The lowest BCUT2D eigenvalue weighted by Gasteiger charge is -2.32. The number of amides is 1. The fraction of sp³-hybridized carbons (Fsp3) is 0.429. The first kappa shape index (κ1) is 23.2. The van der Waals surface area contributed by atoms with Gasteiger partial charge in [0, 0.05) is 31.2 Å². The van der Waals surface area contributed by atoms with Gasteiger partial charge in [0.05, 0.1) is 18.0 Å². The Bertz CT molecular complexity index is 1000. The van der Waals surface area contributed by atoms with E-state index >= 15 is 0 Å². The molecule has 0 bridgehead atoms. The Hall–Kier alpha value is -2.92. The smallest absolute Gasteiger partial charge is 0.224 e. The fourth-order valence-corrected chi connectivity index (χ4v) is 4.60. The minimum absolute atomic E-state index is 0.109. The first-order valence-corrected chi connectivity index (χ1v) is 12.3. The Morgan fingerprint density at radius 2 is 1.94 bits per heavy atom. The summed E-state index contributed by atoms with van der Waals surface area (Å²) in [6.07, 6.45) is 8.04. The van der Waals surface area contributed by atoms with E-state index in [9.17, 15) is 4.79 Å². The number of likely N-dealkylation sites (tertiary alicyclic amines) is 1. The summed E-state index contributed by atoms with van der Waals surface area (Å²) in [4.78, 5) is 19.4. The van der Waals surface area contributed by atoms with Crippen LogP contribution in [0.15, 0.2) is 66.9 Å². The molecule has 2 heterocycles. The standard InChI is InChI=1S/C28H35N3O2/c32-28(30-17-5-4-12-23-10-2-1-3-11-23)24-13-8-19-31(22-24)20-9-21-33-27-16-6-15-26-25(27)14-7-18-29-26/h1-3,6-7,10-11,14-16,18,24H,4-5,8-9,12-13,17,19-22H2,(H,30,32). The minimum atomic E-state index is 0.109. The molecule has 1 unspecified atom stereocenters. The molecule has 4 rings (SSSR count). The predicted octanol–water partition coefficient (Wildman–Crippen LogP) is 4.85. The highest BCUT2D eigenvalue weighted by atomic mass is 16.5. The van der Waals surface area contributed by atoms with Gasteiger partial charge in [0.2, 0.25) is 5.91 Å². The van der Waals surface area contributed by atoms with Gasteiger partial charge < -0.3 is 15.0 Å². The lowest BCUT2D eigenvalue weighted by molar-refractivity contribution is -0.126. The van der Waals surface area contributed by atoms with E-state index < -0.39 is 0 Å². The van der Waals surface area contributed by atoms with Crippen LogP contribution in [0.3, 0.4) is 0 Å². The number of unbranched alkanes of at least 4 members (excludes halogenated alkanes) is 1. The van der Waals surface area contributed by atoms with Gasteiger partial charge in [-0.25, -0.2) is 0 Å². The van der Waals surface area contributed by atoms with Crippen LogP contribution in [0.25, 0.3) is 10.9 Å². The number of ether oxygens (including phenoxy) is 1. The Morgan fingerprint density at radius 3 is 2.85 bits per heavy atom. The van der Waals surface area contributed by atoms with Crippen molar-refractivity contribution in [2.45, 2.75) is 38.5 Å². The molecule has 5 nitrogen and oxygen atoms in total. The lowest BCUT2D eigenvalue weighted by Crippen LogP contribution is -2.43. The van der Waals surface area contributed by atoms with E-state index in [0.29, 0.717) is 6.61 Å². The van der Waals surface area contributed by atoms with Gasteiger partial charge in [-0.2, -0.15) is 0 Å². The molecule has 1 saturated heterocycles. The molecule has 1 amide bonds. The number of aromatic nitrogens is 1. The van der Waals surface area contributed by atoms with Gasteiger partial charge in [0.15, 0.2) is 0 Å². The third kappa shape index (κ3) is 7.03. The van der Waals surface area contributed by atoms with E-state index in [1.807, 2.05) is 36.4 Å². The minimum Gasteiger partial charge on any atom is -0.493 e. The van der Waals surface area contributed by atoms with Crippen LogP contribution in [0.4, 0.5) is 0 Å². The van der Waals surface area contributed by atoms with E-state index in [4.69, 9.17) is 4.74 Å². The van der Waals surface area contributed by atoms with E-state index in [1.54, 1.807) is 6.20 Å². The quantitative estimate of drug-likeness (QED) is 0.429. The molecule has 0 spiro atoms. The maximum absolute atomic E-state index is 12.6. The second-order valence-corrected chi connectivity index (χ2v) is 8.90. The number of aryl methyl sites for hydroxylation is 1. The van der Waals surface area contributed by atoms with Gasteiger partial charge in [-0.05, 0) is 74.9 Å². The number of pyridine rings is 1. The maximum Gasteiger partial charge on any atom is 0.224 e. The molecule has 0 aliphatic carbocycles. The van der Waals surface area contributed by atoms with E-state index in [2.05, 4.69) is 39.5 Å². The SMILES string of the molecule is O=C(NCCCCc1ccccc1)C1CCCN(CCCOc2cccc3ncccc23)C1. The number of nitrogens with zero attached hydrogens (tertiary/aromatic N) is 2. The fourth-order valence-electron chi connectivity index (χ4n) is 4.60. The van der Waals surface area contributed by atoms with Gasteiger partial charge >= 0.3 is 0 Å². The van der Waals surface area contributed by atoms with Gasteiger partial charge in [-0.1, -0.05) is 36.4 Å². The largest absolute Gasteiger partial charge is 0.493 e. The van der Waals surface area contributed by atoms with Crippen LogP contribution in [0.5, 0.6) is 5.75 Å². The first-order chi connectivity index (χ1) is 16.3. The van der Waals surface area contributed by atoms with Crippen molar-refractivity contribution in [3.8, 4) is 5.75 Å². The van der Waals surface area contributed by atoms with Crippen LogP contribution < -0.4 is 10.1 Å². The van der Waals surface area contributed by atoms with Crippen molar-refractivity contribution in [3.63, 3.8) is 0 Å². The molecule has 5 heteroatoms. The molecule has 1 aliphatic heterocycles. The molecule has 1 fully saturated rings. The van der Waals surface area contributed by atoms with E-state index in [1.165, 1.54) is 5.56 Å². The first-order valence-electron chi connectivity index (χ1n) is 12.3. The molecule has 1 aromatic heterocycles. The summed E-state index contributed by atoms with van der Waals surface area (Å²) in [6, 6.07) is 20.5. The second-order valence-electron chi connectivity index (χ2n) is 8.90. The van der Waals surface area contributed by atoms with Crippen molar-refractivity contribution >= 4 is 16.8 Å². The number of piperidine rings is 1. The van der Waals surface area contributed by atoms with Crippen molar-refractivity contribution in [2.24, 2.45) is 5.92 Å². The highest BCUT2D eigenvalue weighted by Crippen LogP contribution is 2.24. The molecule has 1 N–H and O–H groups in total. The maximum atomic E-state index is 12.6. The summed E-state index contributed by atoms with van der Waals surface area (Å²) in [6.45, 7) is 4.33. The van der Waals surface area contributed by atoms with Crippen molar-refractivity contribution in [1.82, 2.24) is 15.2 Å². The number of carbonyl (C=O) groups is 1. The molecule has 1 aliphatic rings. The Balaban J connectivity index is 1.12. The van der Waals surface area contributed by atoms with Crippen LogP contribution >= 0.6 is 0 Å². The number of benzene rings is 2. The van der Waals surface area contributed by atoms with Crippen LogP contribution in [-0.4, -0.2) is 48.6 Å². The van der Waals surface area contributed by atoms with Crippen LogP contribution in [0.1, 0.15) is 37.7 Å². The molecule has 33 heavy (non-hydrogen) atoms. The number of hydrogen-bond donors (Lipinski definition) is 1. The van der Waals surface area contributed by atoms with Gasteiger partial charge in [0.1, 0.15) is 5.75 Å². The number of hydrogen-bond acceptors (Lipinski definition) is 4. The third-order valence-electron chi connectivity index (χ3n) is 6.39. The number of rotatable bonds is 11. The molecule has 1 atom stereocenters. The number of nitrogens with one attached hydrogen (secondary N) is 1. The monoisotopic (exact) mass is 445 g/mol. The third-order valence-corrected chi connectivity index (χ3v) is 6.39. The Labute approximate surface area is 197 Å². The molecule has 0 radical (unpaired) electrons. The average molecular weight is 446 g/mol. The second kappa shape index (κ2) is 12.4. The highest BCUT2D eigenvalue weighted by Gasteiger charge is 2.25. The average Bonchev–Trinajstić information content (AvgIpc) is 2.87. The van der Waals surface area contributed by atoms with Crippen molar-refractivity contribution in [1.29, 1.82) is 0 Å². The number of fused-ring (bicyclic) bond motifs is 1. The predicted molar refractivity (Wildman–Crippen MR) is 133 cm³/mol. The van der Waals surface area contributed by atoms with Gasteiger partial charge in [-0.3, -0.25) is 9.78 Å². The highest BCUT2D eigenvalue weighted by molar-refractivity contribution is 5.84. The molecule has 3 aromatic rings. The van der Waals surface area contributed by atoms with Crippen molar-refractivity contribution in [2.75, 3.05) is 32.8 Å². The summed E-state index contributed by atoms with van der Waals surface area (Å²) in [7, 11) is 0. The molecule has 174 valence electrons. The number of carbonyl (C=O) groups excluding carboxylic acids is 1. The zero-order chi connectivity index (χ0) is 22.7. The van der Waals surface area contributed by atoms with E-state index in [0.717, 1.165) is 81.4 Å². The zero-order valence-electron chi connectivity index (χ0n) is 19.4. The summed E-state index contributed by atoms with van der Waals surface area (Å²) in [5.41, 5.74) is 2.33. The normalized spacial score (nSPS) is 16.5. The van der Waals surface area contributed by atoms with Crippen molar-refractivity contribution < 1.29 is 9.53 Å². The summed E-state index contributed by atoms with van der Waals surface area (Å²) < 4.78 is 6.05. The molecule has 2 aromatic carbocycles. The molecular weight excluding hydrogens is 410 g/mol. The Morgan fingerprint density at radius 1 is 1.03 bits per heavy atom.